The number of carboxylic acid groups (broad SMARTS) is 1. The van der Waals surface area contributed by atoms with Gasteiger partial charge in [0.2, 0.25) is 0 Å². The van der Waals surface area contributed by atoms with Gasteiger partial charge in [0.25, 0.3) is 5.91 Å². The molecular formula is C12H13N3O4. The van der Waals surface area contributed by atoms with E-state index in [1.165, 1.54) is 11.1 Å². The number of aliphatic carboxylic acids is 1. The van der Waals surface area contributed by atoms with Crippen molar-refractivity contribution in [1.29, 1.82) is 0 Å². The van der Waals surface area contributed by atoms with E-state index in [0.717, 1.165) is 0 Å². The maximum Gasteiger partial charge on any atom is 0.394 e. The first kappa shape index (κ1) is 13.0. The van der Waals surface area contributed by atoms with Crippen LogP contribution in [0.4, 0.5) is 0 Å². The van der Waals surface area contributed by atoms with Crippen molar-refractivity contribution in [2.45, 2.75) is 0 Å². The van der Waals surface area contributed by atoms with E-state index < -0.39 is 11.9 Å². The maximum absolute atomic E-state index is 12.1. The van der Waals surface area contributed by atoms with Gasteiger partial charge in [-0.15, -0.1) is 0 Å². The fraction of sp³-hybridized carbons (Fsp3) is 0.333. The molecule has 1 aliphatic heterocycles. The summed E-state index contributed by atoms with van der Waals surface area (Å²) >= 11 is 0. The lowest BCUT2D eigenvalue weighted by molar-refractivity contribution is -0.156. The summed E-state index contributed by atoms with van der Waals surface area (Å²) in [6, 6.07) is 3.35. The Morgan fingerprint density at radius 1 is 1.11 bits per heavy atom. The third-order valence-electron chi connectivity index (χ3n) is 2.95. The molecule has 2 rings (SSSR count). The molecule has 1 aromatic rings. The standard InChI is InChI=1S/C12H13N3O4/c16-10(9-2-1-3-13-8-9)14-4-6-15(7-5-14)11(17)12(18)19/h1-3,8H,4-7H2,(H,18,19). The fourth-order valence-electron chi connectivity index (χ4n) is 1.92. The number of hydrogen-bond acceptors (Lipinski definition) is 4. The van der Waals surface area contributed by atoms with E-state index in [-0.39, 0.29) is 19.0 Å². The Hall–Kier alpha value is -2.44. The van der Waals surface area contributed by atoms with E-state index in [1.54, 1.807) is 23.2 Å². The highest BCUT2D eigenvalue weighted by Crippen LogP contribution is 2.08. The molecule has 0 bridgehead atoms. The summed E-state index contributed by atoms with van der Waals surface area (Å²) in [7, 11) is 0. The third-order valence-corrected chi connectivity index (χ3v) is 2.95. The minimum absolute atomic E-state index is 0.157. The lowest BCUT2D eigenvalue weighted by Gasteiger charge is -2.33. The number of pyridine rings is 1. The molecule has 0 aromatic carbocycles. The van der Waals surface area contributed by atoms with Gasteiger partial charge in [-0.3, -0.25) is 14.6 Å². The SMILES string of the molecule is O=C(O)C(=O)N1CCN(C(=O)c2cccnc2)CC1. The number of hydrogen-bond donors (Lipinski definition) is 1. The van der Waals surface area contributed by atoms with Crippen LogP contribution < -0.4 is 0 Å². The van der Waals surface area contributed by atoms with E-state index in [2.05, 4.69) is 4.98 Å². The quantitative estimate of drug-likeness (QED) is 0.686. The molecule has 0 radical (unpaired) electrons. The first-order chi connectivity index (χ1) is 9.09. The van der Waals surface area contributed by atoms with Gasteiger partial charge < -0.3 is 14.9 Å². The zero-order valence-electron chi connectivity index (χ0n) is 10.2. The second-order valence-corrected chi connectivity index (χ2v) is 4.13. The molecule has 1 aliphatic rings. The van der Waals surface area contributed by atoms with Crippen molar-refractivity contribution >= 4 is 17.8 Å². The molecule has 100 valence electrons. The Bertz CT molecular complexity index is 495. The molecule has 1 saturated heterocycles. The van der Waals surface area contributed by atoms with Gasteiger partial charge in [-0.05, 0) is 12.1 Å². The number of carbonyl (C=O) groups excluding carboxylic acids is 2. The first-order valence-electron chi connectivity index (χ1n) is 5.81. The van der Waals surface area contributed by atoms with Crippen molar-refractivity contribution in [1.82, 2.24) is 14.8 Å². The minimum Gasteiger partial charge on any atom is -0.474 e. The van der Waals surface area contributed by atoms with E-state index in [9.17, 15) is 14.4 Å². The molecule has 0 unspecified atom stereocenters. The average molecular weight is 263 g/mol. The molecule has 7 heteroatoms. The van der Waals surface area contributed by atoms with Gasteiger partial charge in [0, 0.05) is 38.6 Å². The van der Waals surface area contributed by atoms with Crippen LogP contribution in [0.2, 0.25) is 0 Å². The third kappa shape index (κ3) is 2.87. The normalized spacial score (nSPS) is 15.2. The van der Waals surface area contributed by atoms with Gasteiger partial charge in [0.1, 0.15) is 0 Å². The summed E-state index contributed by atoms with van der Waals surface area (Å²) in [6.45, 7) is 1.12. The van der Waals surface area contributed by atoms with Crippen molar-refractivity contribution in [2.24, 2.45) is 0 Å². The lowest BCUT2D eigenvalue weighted by Crippen LogP contribution is -2.52. The van der Waals surface area contributed by atoms with Crippen LogP contribution >= 0.6 is 0 Å². The van der Waals surface area contributed by atoms with Gasteiger partial charge in [-0.1, -0.05) is 0 Å². The van der Waals surface area contributed by atoms with Gasteiger partial charge in [0.05, 0.1) is 5.56 Å². The summed E-state index contributed by atoms with van der Waals surface area (Å²) in [5.41, 5.74) is 0.487. The monoisotopic (exact) mass is 263 g/mol. The highest BCUT2D eigenvalue weighted by atomic mass is 16.4. The number of piperazine rings is 1. The molecule has 1 N–H and O–H groups in total. The zero-order chi connectivity index (χ0) is 13.8. The van der Waals surface area contributed by atoms with E-state index in [1.807, 2.05) is 0 Å². The molecular weight excluding hydrogens is 250 g/mol. The summed E-state index contributed by atoms with van der Waals surface area (Å²) < 4.78 is 0. The molecule has 2 amide bonds. The molecule has 0 spiro atoms. The molecule has 2 heterocycles. The molecule has 19 heavy (non-hydrogen) atoms. The van der Waals surface area contributed by atoms with Gasteiger partial charge in [-0.25, -0.2) is 4.79 Å². The maximum atomic E-state index is 12.1. The Kier molecular flexibility index (Phi) is 3.74. The van der Waals surface area contributed by atoms with Crippen LogP contribution in [-0.2, 0) is 9.59 Å². The molecule has 1 aromatic heterocycles. The second-order valence-electron chi connectivity index (χ2n) is 4.13. The van der Waals surface area contributed by atoms with Crippen molar-refractivity contribution in [3.05, 3.63) is 30.1 Å². The first-order valence-corrected chi connectivity index (χ1v) is 5.81. The number of nitrogens with zero attached hydrogens (tertiary/aromatic N) is 3. The molecule has 1 fully saturated rings. The van der Waals surface area contributed by atoms with Crippen molar-refractivity contribution in [3.8, 4) is 0 Å². The van der Waals surface area contributed by atoms with E-state index in [4.69, 9.17) is 5.11 Å². The van der Waals surface area contributed by atoms with Gasteiger partial charge in [0.15, 0.2) is 0 Å². The molecule has 0 aliphatic carbocycles. The molecule has 0 atom stereocenters. The Morgan fingerprint density at radius 2 is 1.74 bits per heavy atom. The van der Waals surface area contributed by atoms with Crippen LogP contribution in [-0.4, -0.2) is 63.9 Å². The van der Waals surface area contributed by atoms with E-state index in [0.29, 0.717) is 18.7 Å². The van der Waals surface area contributed by atoms with Crippen LogP contribution in [0.15, 0.2) is 24.5 Å². The van der Waals surface area contributed by atoms with Crippen LogP contribution in [0, 0.1) is 0 Å². The number of amides is 2. The number of carboxylic acids is 1. The summed E-state index contributed by atoms with van der Waals surface area (Å²) in [5.74, 6) is -2.55. The van der Waals surface area contributed by atoms with Crippen LogP contribution in [0.3, 0.4) is 0 Å². The summed E-state index contributed by atoms with van der Waals surface area (Å²) in [5, 5.41) is 8.61. The summed E-state index contributed by atoms with van der Waals surface area (Å²) in [4.78, 5) is 40.6. The smallest absolute Gasteiger partial charge is 0.394 e. The van der Waals surface area contributed by atoms with Gasteiger partial charge in [-0.2, -0.15) is 0 Å². The topological polar surface area (TPSA) is 90.8 Å². The van der Waals surface area contributed by atoms with Crippen molar-refractivity contribution in [3.63, 3.8) is 0 Å². The fourth-order valence-corrected chi connectivity index (χ4v) is 1.92. The highest BCUT2D eigenvalue weighted by Gasteiger charge is 2.27. The van der Waals surface area contributed by atoms with Crippen LogP contribution in [0.1, 0.15) is 10.4 Å². The van der Waals surface area contributed by atoms with Crippen LogP contribution in [0.25, 0.3) is 0 Å². The van der Waals surface area contributed by atoms with Crippen molar-refractivity contribution in [2.75, 3.05) is 26.2 Å². The number of rotatable bonds is 1. The Labute approximate surface area is 109 Å². The minimum atomic E-state index is -1.47. The predicted molar refractivity (Wildman–Crippen MR) is 64.4 cm³/mol. The summed E-state index contributed by atoms with van der Waals surface area (Å²) in [6.07, 6.45) is 3.07. The average Bonchev–Trinajstić information content (AvgIpc) is 2.46. The largest absolute Gasteiger partial charge is 0.474 e. The van der Waals surface area contributed by atoms with Crippen LogP contribution in [0.5, 0.6) is 0 Å². The molecule has 7 nitrogen and oxygen atoms in total. The predicted octanol–water partition coefficient (Wildman–Crippen LogP) is -0.549. The second kappa shape index (κ2) is 5.47. The Morgan fingerprint density at radius 3 is 2.26 bits per heavy atom. The van der Waals surface area contributed by atoms with Crippen molar-refractivity contribution < 1.29 is 19.5 Å². The van der Waals surface area contributed by atoms with Gasteiger partial charge >= 0.3 is 11.9 Å². The number of carbonyl (C=O) groups is 3. The number of aromatic nitrogens is 1. The highest BCUT2D eigenvalue weighted by molar-refractivity contribution is 6.31. The lowest BCUT2D eigenvalue weighted by atomic mass is 10.2. The van der Waals surface area contributed by atoms with E-state index >= 15 is 0 Å². The molecule has 0 saturated carbocycles. The zero-order valence-corrected chi connectivity index (χ0v) is 10.2. The Balaban J connectivity index is 1.95.